The van der Waals surface area contributed by atoms with Gasteiger partial charge < -0.3 is 10.5 Å². The summed E-state index contributed by atoms with van der Waals surface area (Å²) in [5.74, 6) is 1.40. The summed E-state index contributed by atoms with van der Waals surface area (Å²) in [7, 11) is 0. The van der Waals surface area contributed by atoms with Gasteiger partial charge in [0.2, 0.25) is 0 Å². The van der Waals surface area contributed by atoms with E-state index in [-0.39, 0.29) is 0 Å². The number of benzene rings is 1. The number of likely N-dealkylation sites (tertiary alicyclic amines) is 1. The minimum Gasteiger partial charge on any atom is -0.494 e. The smallest absolute Gasteiger partial charge is 0.119 e. The van der Waals surface area contributed by atoms with Crippen LogP contribution < -0.4 is 10.5 Å². The van der Waals surface area contributed by atoms with Crippen LogP contribution in [-0.4, -0.2) is 37.2 Å². The van der Waals surface area contributed by atoms with Crippen LogP contribution in [0.2, 0.25) is 0 Å². The van der Waals surface area contributed by atoms with Crippen molar-refractivity contribution in [3.05, 3.63) is 29.8 Å². The van der Waals surface area contributed by atoms with Crippen molar-refractivity contribution < 1.29 is 4.74 Å². The lowest BCUT2D eigenvalue weighted by Gasteiger charge is -2.40. The lowest BCUT2D eigenvalue weighted by molar-refractivity contribution is 0.127. The fourth-order valence-corrected chi connectivity index (χ4v) is 3.61. The summed E-state index contributed by atoms with van der Waals surface area (Å²) in [6, 6.07) is 9.16. The topological polar surface area (TPSA) is 38.5 Å². The van der Waals surface area contributed by atoms with Gasteiger partial charge in [0, 0.05) is 18.5 Å². The quantitative estimate of drug-likeness (QED) is 0.794. The van der Waals surface area contributed by atoms with E-state index in [0.29, 0.717) is 18.5 Å². The molecule has 0 spiro atoms. The summed E-state index contributed by atoms with van der Waals surface area (Å²) in [6.45, 7) is 8.30. The van der Waals surface area contributed by atoms with E-state index in [4.69, 9.17) is 10.5 Å². The second-order valence-electron chi connectivity index (χ2n) is 6.36. The van der Waals surface area contributed by atoms with E-state index in [2.05, 4.69) is 43.0 Å². The molecule has 0 saturated carbocycles. The molecule has 1 saturated heterocycles. The summed E-state index contributed by atoms with van der Waals surface area (Å²) in [4.78, 5) is 2.65. The van der Waals surface area contributed by atoms with Gasteiger partial charge in [-0.3, -0.25) is 4.90 Å². The van der Waals surface area contributed by atoms with Crippen molar-refractivity contribution in [2.24, 2.45) is 5.73 Å². The van der Waals surface area contributed by atoms with Gasteiger partial charge in [-0.2, -0.15) is 0 Å². The first-order valence-electron chi connectivity index (χ1n) is 8.97. The zero-order valence-corrected chi connectivity index (χ0v) is 14.3. The van der Waals surface area contributed by atoms with Crippen molar-refractivity contribution in [2.75, 3.05) is 26.2 Å². The molecule has 0 aromatic heterocycles. The van der Waals surface area contributed by atoms with Gasteiger partial charge in [-0.05, 0) is 56.5 Å². The molecule has 124 valence electrons. The number of hydrogen-bond acceptors (Lipinski definition) is 3. The van der Waals surface area contributed by atoms with Gasteiger partial charge in [-0.1, -0.05) is 32.4 Å². The molecule has 3 nitrogen and oxygen atoms in total. The number of hydrogen-bond donors (Lipinski definition) is 1. The molecule has 1 fully saturated rings. The second kappa shape index (κ2) is 9.16. The Labute approximate surface area is 135 Å². The Balaban J connectivity index is 2.15. The van der Waals surface area contributed by atoms with Crippen LogP contribution in [0.15, 0.2) is 24.3 Å². The average molecular weight is 304 g/mol. The van der Waals surface area contributed by atoms with Crippen molar-refractivity contribution in [3.8, 4) is 5.75 Å². The molecule has 1 heterocycles. The maximum absolute atomic E-state index is 6.18. The molecule has 3 heteroatoms. The Kier molecular flexibility index (Phi) is 7.20. The highest BCUT2D eigenvalue weighted by Gasteiger charge is 2.29. The predicted octanol–water partition coefficient (Wildman–Crippen LogP) is 3.78. The van der Waals surface area contributed by atoms with Crippen LogP contribution in [0.1, 0.15) is 57.4 Å². The Morgan fingerprint density at radius 3 is 2.86 bits per heavy atom. The van der Waals surface area contributed by atoms with Gasteiger partial charge in [-0.25, -0.2) is 0 Å². The Morgan fingerprint density at radius 2 is 2.14 bits per heavy atom. The number of piperidine rings is 1. The molecule has 2 N–H and O–H groups in total. The molecule has 0 aliphatic carbocycles. The van der Waals surface area contributed by atoms with E-state index >= 15 is 0 Å². The van der Waals surface area contributed by atoms with E-state index in [0.717, 1.165) is 18.8 Å². The highest BCUT2D eigenvalue weighted by atomic mass is 16.5. The lowest BCUT2D eigenvalue weighted by Crippen LogP contribution is -2.45. The fraction of sp³-hybridized carbons (Fsp3) is 0.684. The van der Waals surface area contributed by atoms with Crippen molar-refractivity contribution in [3.63, 3.8) is 0 Å². The predicted molar refractivity (Wildman–Crippen MR) is 93.5 cm³/mol. The normalized spacial score (nSPS) is 20.8. The molecule has 0 amide bonds. The van der Waals surface area contributed by atoms with Crippen LogP contribution in [0, 0.1) is 0 Å². The summed E-state index contributed by atoms with van der Waals surface area (Å²) in [6.07, 6.45) is 6.17. The van der Waals surface area contributed by atoms with Gasteiger partial charge in [0.1, 0.15) is 5.75 Å². The zero-order valence-electron chi connectivity index (χ0n) is 14.3. The standard InChI is InChI=1S/C19H32N2O/c1-3-11-21-12-6-5-10-19(21)18(15-20)16-8-7-9-17(14-16)22-13-4-2/h7-9,14,18-19H,3-6,10-13,15,20H2,1-2H3. The van der Waals surface area contributed by atoms with Crippen LogP contribution >= 0.6 is 0 Å². The molecule has 0 radical (unpaired) electrons. The molecular weight excluding hydrogens is 272 g/mol. The third-order valence-electron chi connectivity index (χ3n) is 4.65. The third kappa shape index (κ3) is 4.47. The van der Waals surface area contributed by atoms with Gasteiger partial charge in [0.25, 0.3) is 0 Å². The van der Waals surface area contributed by atoms with Crippen molar-refractivity contribution in [2.45, 2.75) is 57.9 Å². The molecule has 2 rings (SSSR count). The van der Waals surface area contributed by atoms with Crippen molar-refractivity contribution in [1.29, 1.82) is 0 Å². The largest absolute Gasteiger partial charge is 0.494 e. The second-order valence-corrected chi connectivity index (χ2v) is 6.36. The van der Waals surface area contributed by atoms with Crippen molar-refractivity contribution >= 4 is 0 Å². The lowest BCUT2D eigenvalue weighted by atomic mass is 9.85. The van der Waals surface area contributed by atoms with Gasteiger partial charge in [0.05, 0.1) is 6.61 Å². The summed E-state index contributed by atoms with van der Waals surface area (Å²) < 4.78 is 5.80. The molecule has 2 unspecified atom stereocenters. The molecule has 2 atom stereocenters. The number of rotatable bonds is 8. The monoisotopic (exact) mass is 304 g/mol. The molecule has 0 bridgehead atoms. The van der Waals surface area contributed by atoms with E-state index < -0.39 is 0 Å². The van der Waals surface area contributed by atoms with Gasteiger partial charge in [-0.15, -0.1) is 0 Å². The number of nitrogens with two attached hydrogens (primary N) is 1. The van der Waals surface area contributed by atoms with E-state index in [1.807, 2.05) is 0 Å². The van der Waals surface area contributed by atoms with Gasteiger partial charge >= 0.3 is 0 Å². The maximum atomic E-state index is 6.18. The van der Waals surface area contributed by atoms with Crippen molar-refractivity contribution in [1.82, 2.24) is 4.90 Å². The van der Waals surface area contributed by atoms with Crippen LogP contribution in [-0.2, 0) is 0 Å². The fourth-order valence-electron chi connectivity index (χ4n) is 3.61. The summed E-state index contributed by atoms with van der Waals surface area (Å²) in [5.41, 5.74) is 7.51. The van der Waals surface area contributed by atoms with E-state index in [9.17, 15) is 0 Å². The molecule has 1 aliphatic rings. The molecule has 1 aromatic rings. The van der Waals surface area contributed by atoms with Crippen LogP contribution in [0.25, 0.3) is 0 Å². The van der Waals surface area contributed by atoms with E-state index in [1.165, 1.54) is 44.3 Å². The average Bonchev–Trinajstić information content (AvgIpc) is 2.56. The minimum absolute atomic E-state index is 0.414. The summed E-state index contributed by atoms with van der Waals surface area (Å²) >= 11 is 0. The van der Waals surface area contributed by atoms with Crippen LogP contribution in [0.3, 0.4) is 0 Å². The first kappa shape index (κ1) is 17.3. The number of nitrogens with zero attached hydrogens (tertiary/aromatic N) is 1. The van der Waals surface area contributed by atoms with Crippen LogP contribution in [0.4, 0.5) is 0 Å². The Hall–Kier alpha value is -1.06. The zero-order chi connectivity index (χ0) is 15.8. The minimum atomic E-state index is 0.414. The van der Waals surface area contributed by atoms with Gasteiger partial charge in [0.15, 0.2) is 0 Å². The SMILES string of the molecule is CCCOc1cccc(C(CN)C2CCCCN2CCC)c1. The first-order chi connectivity index (χ1) is 10.8. The molecule has 22 heavy (non-hydrogen) atoms. The highest BCUT2D eigenvalue weighted by molar-refractivity contribution is 5.32. The summed E-state index contributed by atoms with van der Waals surface area (Å²) in [5, 5.41) is 0. The molecular formula is C19H32N2O. The van der Waals surface area contributed by atoms with E-state index in [1.54, 1.807) is 0 Å². The maximum Gasteiger partial charge on any atom is 0.119 e. The van der Waals surface area contributed by atoms with Crippen LogP contribution in [0.5, 0.6) is 5.75 Å². The Bertz CT molecular complexity index is 433. The third-order valence-corrected chi connectivity index (χ3v) is 4.65. The molecule has 1 aromatic carbocycles. The first-order valence-corrected chi connectivity index (χ1v) is 8.97. The molecule has 1 aliphatic heterocycles. The highest BCUT2D eigenvalue weighted by Crippen LogP contribution is 2.31. The number of ether oxygens (including phenoxy) is 1. The Morgan fingerprint density at radius 1 is 1.27 bits per heavy atom.